The molecule has 0 atom stereocenters. The summed E-state index contributed by atoms with van der Waals surface area (Å²) in [5.74, 6) is 0. The first-order valence-corrected chi connectivity index (χ1v) is 8.15. The summed E-state index contributed by atoms with van der Waals surface area (Å²) in [5.41, 5.74) is 0. The Bertz CT molecular complexity index is 228. The number of rotatable bonds is 0. The molecule has 1 aliphatic rings. The van der Waals surface area contributed by atoms with Gasteiger partial charge in [-0.15, -0.1) is 10.2 Å². The molecule has 1 heterocycles. The van der Waals surface area contributed by atoms with Gasteiger partial charge < -0.3 is 4.42 Å². The fourth-order valence-corrected chi connectivity index (χ4v) is 0.529. The number of aromatic nitrogens is 2. The molecule has 0 radical (unpaired) electrons. The van der Waals surface area contributed by atoms with Gasteiger partial charge in [0.05, 0.1) is 0 Å². The van der Waals surface area contributed by atoms with Gasteiger partial charge in [0.15, 0.2) is 0 Å². The maximum absolute atomic E-state index is 4.36. The molecule has 0 unspecified atom stereocenters. The standard InChI is InChI=1S/C5H6.C3H9B.C3H8.C2H2N2O.2C2H6/c1-2-4-5-3-1;1-4(2)3;1-3-2;1-3-4-2-5-1;2*1-2/h1-4H,5H2;1-3H3;3H2,1-2H3;1-2H;2*1-2H3. The minimum Gasteiger partial charge on any atom is -0.431 e. The van der Waals surface area contributed by atoms with Crippen LogP contribution in [0.1, 0.15) is 54.4 Å². The van der Waals surface area contributed by atoms with Crippen molar-refractivity contribution in [1.29, 1.82) is 0 Å². The lowest BCUT2D eigenvalue weighted by Gasteiger charge is -1.71. The molecule has 0 fully saturated rings. The minimum absolute atomic E-state index is 0.833. The first-order valence-electron chi connectivity index (χ1n) is 8.15. The van der Waals surface area contributed by atoms with Crippen molar-refractivity contribution in [2.45, 2.75) is 74.9 Å². The van der Waals surface area contributed by atoms with Crippen LogP contribution in [0.3, 0.4) is 0 Å². The van der Waals surface area contributed by atoms with Crippen LogP contribution in [0.5, 0.6) is 0 Å². The van der Waals surface area contributed by atoms with Crippen LogP contribution in [0, 0.1) is 0 Å². The zero-order valence-corrected chi connectivity index (χ0v) is 15.8. The molecule has 0 amide bonds. The highest BCUT2D eigenvalue weighted by Crippen LogP contribution is 1.93. The highest BCUT2D eigenvalue weighted by Gasteiger charge is 1.76. The second-order valence-electron chi connectivity index (χ2n) is 4.11. The second kappa shape index (κ2) is 36.3. The third-order valence-corrected chi connectivity index (χ3v) is 0.938. The number of nitrogens with zero attached hydrogens (tertiary/aromatic N) is 2. The average Bonchev–Trinajstić information content (AvgIpc) is 3.21. The monoisotopic (exact) mass is 296 g/mol. The highest BCUT2D eigenvalue weighted by molar-refractivity contribution is 6.54. The van der Waals surface area contributed by atoms with Crippen LogP contribution in [-0.4, -0.2) is 16.9 Å². The number of hydrogen-bond acceptors (Lipinski definition) is 3. The Morgan fingerprint density at radius 1 is 0.857 bits per heavy atom. The van der Waals surface area contributed by atoms with E-state index in [1.54, 1.807) is 0 Å². The summed E-state index contributed by atoms with van der Waals surface area (Å²) in [6, 6.07) is 0. The molecule has 0 bridgehead atoms. The predicted molar refractivity (Wildman–Crippen MR) is 99.2 cm³/mol. The number of hydrogen-bond donors (Lipinski definition) is 0. The maximum atomic E-state index is 4.36. The van der Waals surface area contributed by atoms with E-state index in [0.717, 1.165) is 13.1 Å². The lowest BCUT2D eigenvalue weighted by molar-refractivity contribution is 0.553. The summed E-state index contributed by atoms with van der Waals surface area (Å²) < 4.78 is 4.36. The SMILES string of the molecule is C1=CCC=C1.CB(C)C.CC.CC.CCC.c1nnco1. The van der Waals surface area contributed by atoms with E-state index in [1.165, 1.54) is 19.2 Å². The van der Waals surface area contributed by atoms with E-state index < -0.39 is 0 Å². The molecule has 1 aromatic rings. The summed E-state index contributed by atoms with van der Waals surface area (Å²) in [6.07, 6.45) is 13.3. The van der Waals surface area contributed by atoms with E-state index in [4.69, 9.17) is 0 Å². The summed E-state index contributed by atoms with van der Waals surface area (Å²) in [4.78, 5) is 0. The molecule has 4 heteroatoms. The Morgan fingerprint density at radius 2 is 1.14 bits per heavy atom. The Morgan fingerprint density at radius 3 is 1.24 bits per heavy atom. The van der Waals surface area contributed by atoms with Crippen LogP contribution in [0.25, 0.3) is 0 Å². The third-order valence-electron chi connectivity index (χ3n) is 0.938. The summed E-state index contributed by atoms with van der Waals surface area (Å²) in [7, 11) is 0. The van der Waals surface area contributed by atoms with Crippen LogP contribution in [0.2, 0.25) is 20.5 Å². The van der Waals surface area contributed by atoms with E-state index in [2.05, 4.69) is 73.2 Å². The average molecular weight is 296 g/mol. The predicted octanol–water partition coefficient (Wildman–Crippen LogP) is 6.41. The molecule has 0 aromatic carbocycles. The van der Waals surface area contributed by atoms with Crippen molar-refractivity contribution in [3.63, 3.8) is 0 Å². The van der Waals surface area contributed by atoms with Crippen LogP contribution >= 0.6 is 0 Å². The van der Waals surface area contributed by atoms with Gasteiger partial charge in [-0.3, -0.25) is 0 Å². The lowest BCUT2D eigenvalue weighted by atomic mass is 9.58. The molecule has 0 N–H and O–H groups in total. The van der Waals surface area contributed by atoms with Gasteiger partial charge in [0.1, 0.15) is 6.71 Å². The topological polar surface area (TPSA) is 38.9 Å². The fraction of sp³-hybridized carbons (Fsp3) is 0.647. The van der Waals surface area contributed by atoms with Crippen molar-refractivity contribution in [2.75, 3.05) is 0 Å². The molecule has 0 spiro atoms. The van der Waals surface area contributed by atoms with Gasteiger partial charge in [0.25, 0.3) is 0 Å². The van der Waals surface area contributed by atoms with Gasteiger partial charge in [-0.05, 0) is 6.42 Å². The van der Waals surface area contributed by atoms with Crippen LogP contribution in [0.4, 0.5) is 0 Å². The molecule has 3 nitrogen and oxygen atoms in total. The lowest BCUT2D eigenvalue weighted by Crippen LogP contribution is -1.84. The van der Waals surface area contributed by atoms with Crippen molar-refractivity contribution in [3.05, 3.63) is 37.1 Å². The van der Waals surface area contributed by atoms with E-state index >= 15 is 0 Å². The van der Waals surface area contributed by atoms with Crippen molar-refractivity contribution < 1.29 is 4.42 Å². The first-order chi connectivity index (χ1) is 10.1. The molecular formula is C17H37BN2O. The Kier molecular flexibility index (Phi) is 48.3. The molecule has 1 aliphatic carbocycles. The number of allylic oxidation sites excluding steroid dienone is 4. The normalized spacial score (nSPS) is 8.81. The summed E-state index contributed by atoms with van der Waals surface area (Å²) >= 11 is 0. The zero-order valence-electron chi connectivity index (χ0n) is 15.8. The van der Waals surface area contributed by atoms with Gasteiger partial charge in [-0.1, -0.05) is 92.7 Å². The summed E-state index contributed by atoms with van der Waals surface area (Å²) in [5, 5.41) is 6.61. The molecule has 2 rings (SSSR count). The van der Waals surface area contributed by atoms with Crippen molar-refractivity contribution >= 4 is 6.71 Å². The van der Waals surface area contributed by atoms with Gasteiger partial charge in [-0.2, -0.15) is 0 Å². The maximum Gasteiger partial charge on any atom is 0.203 e. The fourth-order valence-electron chi connectivity index (χ4n) is 0.529. The third kappa shape index (κ3) is 69.0. The second-order valence-corrected chi connectivity index (χ2v) is 4.11. The molecule has 0 aliphatic heterocycles. The van der Waals surface area contributed by atoms with E-state index in [1.807, 2.05) is 27.7 Å². The van der Waals surface area contributed by atoms with E-state index in [-0.39, 0.29) is 0 Å². The molecule has 1 aromatic heterocycles. The Labute approximate surface area is 134 Å². The molecule has 0 saturated heterocycles. The molecule has 21 heavy (non-hydrogen) atoms. The van der Waals surface area contributed by atoms with Gasteiger partial charge in [0, 0.05) is 0 Å². The Balaban J connectivity index is -0.0000000865. The Hall–Kier alpha value is -1.32. The van der Waals surface area contributed by atoms with Crippen molar-refractivity contribution in [3.8, 4) is 0 Å². The quantitative estimate of drug-likeness (QED) is 0.519. The van der Waals surface area contributed by atoms with Gasteiger partial charge in [-0.25, -0.2) is 0 Å². The van der Waals surface area contributed by atoms with Gasteiger partial charge in [0.2, 0.25) is 12.8 Å². The summed E-state index contributed by atoms with van der Waals surface area (Å²) in [6.45, 7) is 19.6. The molecule has 124 valence electrons. The van der Waals surface area contributed by atoms with Gasteiger partial charge >= 0.3 is 0 Å². The van der Waals surface area contributed by atoms with Crippen LogP contribution < -0.4 is 0 Å². The minimum atomic E-state index is 0.833. The molecule has 0 saturated carbocycles. The van der Waals surface area contributed by atoms with Crippen LogP contribution in [0.15, 0.2) is 41.5 Å². The molecular weight excluding hydrogens is 259 g/mol. The van der Waals surface area contributed by atoms with E-state index in [9.17, 15) is 0 Å². The largest absolute Gasteiger partial charge is 0.431 e. The highest BCUT2D eigenvalue weighted by atomic mass is 16.3. The van der Waals surface area contributed by atoms with E-state index in [0.29, 0.717) is 0 Å². The first kappa shape index (κ1) is 27.9. The smallest absolute Gasteiger partial charge is 0.203 e. The van der Waals surface area contributed by atoms with Crippen LogP contribution in [-0.2, 0) is 0 Å². The van der Waals surface area contributed by atoms with Crippen molar-refractivity contribution in [1.82, 2.24) is 10.2 Å². The van der Waals surface area contributed by atoms with Crippen molar-refractivity contribution in [2.24, 2.45) is 0 Å². The zero-order chi connectivity index (χ0) is 17.4.